The van der Waals surface area contributed by atoms with E-state index in [-0.39, 0.29) is 0 Å². The van der Waals surface area contributed by atoms with Crippen molar-refractivity contribution < 1.29 is 0 Å². The van der Waals surface area contributed by atoms with Crippen LogP contribution in [0.15, 0.2) is 47.8 Å². The molecule has 3 aromatic rings. The molecule has 1 aromatic carbocycles. The van der Waals surface area contributed by atoms with Gasteiger partial charge in [0.25, 0.3) is 0 Å². The molecular weight excluding hydrogens is 272 g/mol. The maximum atomic E-state index is 9.18. The average Bonchev–Trinajstić information content (AvgIpc) is 3.07. The number of nitrogens with zero attached hydrogens (tertiary/aromatic N) is 1. The van der Waals surface area contributed by atoms with E-state index >= 15 is 0 Å². The lowest BCUT2D eigenvalue weighted by molar-refractivity contribution is 1.52. The molecule has 0 amide bonds. The normalized spacial score (nSPS) is 10.3. The summed E-state index contributed by atoms with van der Waals surface area (Å²) in [4.78, 5) is 2.81. The number of hydrogen-bond acceptors (Lipinski definition) is 4. The van der Waals surface area contributed by atoms with Gasteiger partial charge in [0, 0.05) is 10.4 Å². The molecule has 3 rings (SSSR count). The van der Waals surface area contributed by atoms with E-state index in [1.165, 1.54) is 11.3 Å². The average molecular weight is 282 g/mol. The third-order valence-corrected chi connectivity index (χ3v) is 5.01. The SMILES string of the molecule is N#Cc1sc(-c2cccs2)c(-c2ccccc2)c1N. The number of hydrogen-bond donors (Lipinski definition) is 1. The molecule has 0 spiro atoms. The van der Waals surface area contributed by atoms with E-state index in [0.29, 0.717) is 10.6 Å². The van der Waals surface area contributed by atoms with Crippen molar-refractivity contribution in [2.24, 2.45) is 0 Å². The van der Waals surface area contributed by atoms with Crippen LogP contribution in [-0.2, 0) is 0 Å². The molecule has 0 aliphatic rings. The molecule has 92 valence electrons. The highest BCUT2D eigenvalue weighted by molar-refractivity contribution is 7.22. The highest BCUT2D eigenvalue weighted by Crippen LogP contribution is 2.45. The molecule has 2 nitrogen and oxygen atoms in total. The highest BCUT2D eigenvalue weighted by Gasteiger charge is 2.18. The van der Waals surface area contributed by atoms with Gasteiger partial charge in [0.15, 0.2) is 0 Å². The molecule has 0 atom stereocenters. The molecule has 4 heteroatoms. The minimum atomic E-state index is 0.585. The van der Waals surface area contributed by atoms with Crippen LogP contribution in [0.1, 0.15) is 4.88 Å². The van der Waals surface area contributed by atoms with E-state index in [0.717, 1.165) is 20.9 Å². The Hall–Kier alpha value is -2.09. The first-order valence-corrected chi connectivity index (χ1v) is 7.42. The molecule has 2 heterocycles. The van der Waals surface area contributed by atoms with Gasteiger partial charge in [-0.25, -0.2) is 0 Å². The van der Waals surface area contributed by atoms with Gasteiger partial charge in [-0.15, -0.1) is 22.7 Å². The molecule has 0 bridgehead atoms. The Bertz CT molecular complexity index is 735. The second kappa shape index (κ2) is 4.88. The first kappa shape index (κ1) is 12.0. The molecule has 0 radical (unpaired) electrons. The van der Waals surface area contributed by atoms with Crippen LogP contribution in [0, 0.1) is 11.3 Å². The number of nitrogens with two attached hydrogens (primary N) is 1. The Kier molecular flexibility index (Phi) is 3.08. The number of benzene rings is 1. The zero-order valence-electron chi connectivity index (χ0n) is 9.96. The van der Waals surface area contributed by atoms with Crippen molar-refractivity contribution in [2.75, 3.05) is 5.73 Å². The highest BCUT2D eigenvalue weighted by atomic mass is 32.1. The lowest BCUT2D eigenvalue weighted by Gasteiger charge is -2.03. The van der Waals surface area contributed by atoms with Crippen molar-refractivity contribution in [3.8, 4) is 27.0 Å². The largest absolute Gasteiger partial charge is 0.396 e. The third kappa shape index (κ3) is 2.03. The van der Waals surface area contributed by atoms with Crippen LogP contribution in [0.2, 0.25) is 0 Å². The number of anilines is 1. The maximum absolute atomic E-state index is 9.18. The fourth-order valence-corrected chi connectivity index (χ4v) is 3.90. The molecule has 19 heavy (non-hydrogen) atoms. The van der Waals surface area contributed by atoms with Crippen molar-refractivity contribution in [2.45, 2.75) is 0 Å². The van der Waals surface area contributed by atoms with Crippen LogP contribution in [0.3, 0.4) is 0 Å². The number of thiophene rings is 2. The molecule has 0 aliphatic carbocycles. The van der Waals surface area contributed by atoms with Gasteiger partial charge in [0.05, 0.1) is 10.6 Å². The molecule has 2 aromatic heterocycles. The summed E-state index contributed by atoms with van der Waals surface area (Å²) >= 11 is 3.13. The summed E-state index contributed by atoms with van der Waals surface area (Å²) in [6, 6.07) is 16.2. The summed E-state index contributed by atoms with van der Waals surface area (Å²) in [6.07, 6.45) is 0. The van der Waals surface area contributed by atoms with Gasteiger partial charge in [-0.05, 0) is 17.0 Å². The first-order chi connectivity index (χ1) is 9.31. The molecule has 0 fully saturated rings. The smallest absolute Gasteiger partial charge is 0.129 e. The van der Waals surface area contributed by atoms with Crippen LogP contribution in [0.5, 0.6) is 0 Å². The van der Waals surface area contributed by atoms with Crippen molar-refractivity contribution in [1.29, 1.82) is 5.26 Å². The molecule has 0 saturated heterocycles. The number of nitrogen functional groups attached to an aromatic ring is 1. The maximum Gasteiger partial charge on any atom is 0.129 e. The van der Waals surface area contributed by atoms with Crippen LogP contribution >= 0.6 is 22.7 Å². The summed E-state index contributed by atoms with van der Waals surface area (Å²) in [7, 11) is 0. The Morgan fingerprint density at radius 3 is 2.47 bits per heavy atom. The molecule has 0 saturated carbocycles. The second-order valence-electron chi connectivity index (χ2n) is 4.00. The topological polar surface area (TPSA) is 49.8 Å². The first-order valence-electron chi connectivity index (χ1n) is 5.73. The summed E-state index contributed by atoms with van der Waals surface area (Å²) in [5.74, 6) is 0. The van der Waals surface area contributed by atoms with Crippen LogP contribution in [0.4, 0.5) is 5.69 Å². The van der Waals surface area contributed by atoms with Crippen LogP contribution in [0.25, 0.3) is 20.9 Å². The van der Waals surface area contributed by atoms with E-state index in [4.69, 9.17) is 5.73 Å². The van der Waals surface area contributed by atoms with E-state index in [1.807, 2.05) is 41.8 Å². The molecular formula is C15H10N2S2. The fraction of sp³-hybridized carbons (Fsp3) is 0. The van der Waals surface area contributed by atoms with Gasteiger partial charge >= 0.3 is 0 Å². The fourth-order valence-electron chi connectivity index (χ4n) is 2.00. The summed E-state index contributed by atoms with van der Waals surface area (Å²) in [5, 5.41) is 11.2. The predicted octanol–water partition coefficient (Wildman–Crippen LogP) is 4.60. The van der Waals surface area contributed by atoms with Crippen LogP contribution in [-0.4, -0.2) is 0 Å². The molecule has 0 aliphatic heterocycles. The monoisotopic (exact) mass is 282 g/mol. The molecule has 2 N–H and O–H groups in total. The lowest BCUT2D eigenvalue weighted by Crippen LogP contribution is -1.88. The van der Waals surface area contributed by atoms with Gasteiger partial charge < -0.3 is 5.73 Å². The van der Waals surface area contributed by atoms with Gasteiger partial charge in [-0.3, -0.25) is 0 Å². The van der Waals surface area contributed by atoms with E-state index in [9.17, 15) is 5.26 Å². The molecule has 0 unspecified atom stereocenters. The van der Waals surface area contributed by atoms with E-state index < -0.39 is 0 Å². The predicted molar refractivity (Wildman–Crippen MR) is 82.2 cm³/mol. The Balaban J connectivity index is 2.29. The van der Waals surface area contributed by atoms with Crippen molar-refractivity contribution in [3.05, 3.63) is 52.7 Å². The minimum Gasteiger partial charge on any atom is -0.396 e. The van der Waals surface area contributed by atoms with Crippen molar-refractivity contribution >= 4 is 28.4 Å². The van der Waals surface area contributed by atoms with E-state index in [1.54, 1.807) is 11.3 Å². The zero-order valence-corrected chi connectivity index (χ0v) is 11.6. The number of nitriles is 1. The number of rotatable bonds is 2. The summed E-state index contributed by atoms with van der Waals surface area (Å²) < 4.78 is 0. The lowest BCUT2D eigenvalue weighted by atomic mass is 10.0. The summed E-state index contributed by atoms with van der Waals surface area (Å²) in [6.45, 7) is 0. The Labute approximate surface area is 119 Å². The quantitative estimate of drug-likeness (QED) is 0.747. The third-order valence-electron chi connectivity index (χ3n) is 2.85. The summed E-state index contributed by atoms with van der Waals surface area (Å²) in [5.41, 5.74) is 8.76. The Morgan fingerprint density at radius 2 is 1.84 bits per heavy atom. The van der Waals surface area contributed by atoms with Crippen LogP contribution < -0.4 is 5.73 Å². The standard InChI is InChI=1S/C15H10N2S2/c16-9-12-14(17)13(10-5-2-1-3-6-10)15(19-12)11-7-4-8-18-11/h1-8H,17H2. The second-order valence-corrected chi connectivity index (χ2v) is 5.97. The van der Waals surface area contributed by atoms with Crippen molar-refractivity contribution in [3.63, 3.8) is 0 Å². The Morgan fingerprint density at radius 1 is 1.05 bits per heavy atom. The van der Waals surface area contributed by atoms with Gasteiger partial charge in [0.1, 0.15) is 10.9 Å². The van der Waals surface area contributed by atoms with Gasteiger partial charge in [-0.2, -0.15) is 5.26 Å². The van der Waals surface area contributed by atoms with Gasteiger partial charge in [-0.1, -0.05) is 36.4 Å². The van der Waals surface area contributed by atoms with Gasteiger partial charge in [0.2, 0.25) is 0 Å². The minimum absolute atomic E-state index is 0.585. The zero-order chi connectivity index (χ0) is 13.2. The van der Waals surface area contributed by atoms with E-state index in [2.05, 4.69) is 12.1 Å². The van der Waals surface area contributed by atoms with Crippen molar-refractivity contribution in [1.82, 2.24) is 0 Å².